The number of fused-ring (bicyclic) bond motifs is 1. The van der Waals surface area contributed by atoms with Crippen LogP contribution in [-0.4, -0.2) is 40.2 Å². The minimum Gasteiger partial charge on any atom is -0.373 e. The third-order valence-electron chi connectivity index (χ3n) is 4.30. The third-order valence-corrected chi connectivity index (χ3v) is 4.30. The minimum absolute atomic E-state index is 0.0829. The highest BCUT2D eigenvalue weighted by Gasteiger charge is 2.27. The van der Waals surface area contributed by atoms with Crippen molar-refractivity contribution in [1.29, 1.82) is 0 Å². The van der Waals surface area contributed by atoms with E-state index in [1.54, 1.807) is 0 Å². The second kappa shape index (κ2) is 5.67. The standard InChI is InChI=1S/C18H27N3O/c1-12-9-21(10-13(2)22-12)11-15-14-7-6-8-19-17(14)20-16(15)18(3,4)5/h6-8,12-13H,9-11H2,1-5H3,(H,19,20)/t12-,13-/m0/s1. The molecule has 0 aliphatic carbocycles. The highest BCUT2D eigenvalue weighted by molar-refractivity contribution is 5.81. The molecule has 0 aromatic carbocycles. The number of nitrogens with zero attached hydrogens (tertiary/aromatic N) is 2. The van der Waals surface area contributed by atoms with Gasteiger partial charge in [0.2, 0.25) is 0 Å². The van der Waals surface area contributed by atoms with Gasteiger partial charge in [0.1, 0.15) is 5.65 Å². The van der Waals surface area contributed by atoms with Crippen molar-refractivity contribution in [1.82, 2.24) is 14.9 Å². The molecule has 1 saturated heterocycles. The molecule has 2 atom stereocenters. The van der Waals surface area contributed by atoms with Crippen LogP contribution < -0.4 is 0 Å². The van der Waals surface area contributed by atoms with Crippen LogP contribution in [0.1, 0.15) is 45.9 Å². The van der Waals surface area contributed by atoms with Crippen LogP contribution in [0.5, 0.6) is 0 Å². The molecule has 0 amide bonds. The Morgan fingerprint density at radius 2 is 1.95 bits per heavy atom. The molecule has 2 aromatic rings. The molecule has 1 fully saturated rings. The molecule has 1 N–H and O–H groups in total. The lowest BCUT2D eigenvalue weighted by Crippen LogP contribution is -2.45. The number of pyridine rings is 1. The van der Waals surface area contributed by atoms with Crippen LogP contribution in [0.3, 0.4) is 0 Å². The van der Waals surface area contributed by atoms with Gasteiger partial charge in [0.15, 0.2) is 0 Å². The molecule has 1 aliphatic rings. The molecule has 4 nitrogen and oxygen atoms in total. The molecular formula is C18H27N3O. The summed E-state index contributed by atoms with van der Waals surface area (Å²) in [6.45, 7) is 14.0. The van der Waals surface area contributed by atoms with Gasteiger partial charge >= 0.3 is 0 Å². The summed E-state index contributed by atoms with van der Waals surface area (Å²) in [5, 5.41) is 1.25. The fourth-order valence-electron chi connectivity index (χ4n) is 3.52. The number of morpholine rings is 1. The topological polar surface area (TPSA) is 41.2 Å². The zero-order chi connectivity index (χ0) is 15.9. The number of H-pyrrole nitrogens is 1. The summed E-state index contributed by atoms with van der Waals surface area (Å²) in [5.41, 5.74) is 3.76. The molecule has 0 radical (unpaired) electrons. The normalized spacial score (nSPS) is 24.0. The largest absolute Gasteiger partial charge is 0.373 e. The molecule has 0 unspecified atom stereocenters. The van der Waals surface area contributed by atoms with Crippen molar-refractivity contribution < 1.29 is 4.74 Å². The van der Waals surface area contributed by atoms with Gasteiger partial charge in [-0.05, 0) is 31.5 Å². The van der Waals surface area contributed by atoms with Crippen LogP contribution in [0.15, 0.2) is 18.3 Å². The Hall–Kier alpha value is -1.39. The minimum atomic E-state index is 0.0829. The summed E-state index contributed by atoms with van der Waals surface area (Å²) in [6.07, 6.45) is 2.45. The van der Waals surface area contributed by atoms with Crippen LogP contribution in [0, 0.1) is 0 Å². The monoisotopic (exact) mass is 301 g/mol. The summed E-state index contributed by atoms with van der Waals surface area (Å²) >= 11 is 0. The van der Waals surface area contributed by atoms with Gasteiger partial charge in [-0.3, -0.25) is 4.90 Å². The Balaban J connectivity index is 1.98. The molecule has 0 saturated carbocycles. The van der Waals surface area contributed by atoms with Crippen LogP contribution in [0.4, 0.5) is 0 Å². The third kappa shape index (κ3) is 3.03. The second-order valence-electron chi connectivity index (χ2n) is 7.58. The maximum absolute atomic E-state index is 5.86. The van der Waals surface area contributed by atoms with Crippen LogP contribution in [-0.2, 0) is 16.7 Å². The number of ether oxygens (including phenoxy) is 1. The summed E-state index contributed by atoms with van der Waals surface area (Å²) in [7, 11) is 0. The molecular weight excluding hydrogens is 274 g/mol. The van der Waals surface area contributed by atoms with Crippen molar-refractivity contribution in [3.8, 4) is 0 Å². The quantitative estimate of drug-likeness (QED) is 0.923. The van der Waals surface area contributed by atoms with Crippen LogP contribution in [0.25, 0.3) is 11.0 Å². The van der Waals surface area contributed by atoms with E-state index >= 15 is 0 Å². The summed E-state index contributed by atoms with van der Waals surface area (Å²) in [6, 6.07) is 4.20. The Bertz CT molecular complexity index is 646. The maximum Gasteiger partial charge on any atom is 0.137 e. The van der Waals surface area contributed by atoms with Gasteiger partial charge < -0.3 is 9.72 Å². The average Bonchev–Trinajstić information content (AvgIpc) is 2.77. The number of hydrogen-bond acceptors (Lipinski definition) is 3. The van der Waals surface area contributed by atoms with Gasteiger partial charge in [0.25, 0.3) is 0 Å². The first-order chi connectivity index (χ1) is 10.3. The second-order valence-corrected chi connectivity index (χ2v) is 7.58. The number of aromatic amines is 1. The Morgan fingerprint density at radius 1 is 1.27 bits per heavy atom. The molecule has 2 aromatic heterocycles. The molecule has 4 heteroatoms. The fourth-order valence-corrected chi connectivity index (χ4v) is 3.52. The van der Waals surface area contributed by atoms with E-state index in [0.717, 1.165) is 25.3 Å². The van der Waals surface area contributed by atoms with E-state index in [4.69, 9.17) is 4.74 Å². The van der Waals surface area contributed by atoms with Crippen LogP contribution in [0.2, 0.25) is 0 Å². The van der Waals surface area contributed by atoms with Gasteiger partial charge in [0, 0.05) is 42.3 Å². The molecule has 120 valence electrons. The zero-order valence-corrected chi connectivity index (χ0v) is 14.3. The fraction of sp³-hybridized carbons (Fsp3) is 0.611. The molecule has 1 aliphatic heterocycles. The predicted octanol–water partition coefficient (Wildman–Crippen LogP) is 3.47. The maximum atomic E-state index is 5.86. The lowest BCUT2D eigenvalue weighted by Gasteiger charge is -2.35. The highest BCUT2D eigenvalue weighted by Crippen LogP contribution is 2.32. The van der Waals surface area contributed by atoms with Crippen molar-refractivity contribution >= 4 is 11.0 Å². The van der Waals surface area contributed by atoms with E-state index in [0.29, 0.717) is 12.2 Å². The van der Waals surface area contributed by atoms with Crippen molar-refractivity contribution in [2.24, 2.45) is 0 Å². The highest BCUT2D eigenvalue weighted by atomic mass is 16.5. The van der Waals surface area contributed by atoms with Crippen LogP contribution >= 0.6 is 0 Å². The number of rotatable bonds is 2. The number of hydrogen-bond donors (Lipinski definition) is 1. The summed E-state index contributed by atoms with van der Waals surface area (Å²) in [4.78, 5) is 10.6. The van der Waals surface area contributed by atoms with E-state index in [1.165, 1.54) is 16.6 Å². The van der Waals surface area contributed by atoms with E-state index in [2.05, 4.69) is 55.6 Å². The van der Waals surface area contributed by atoms with E-state index in [9.17, 15) is 0 Å². The molecule has 3 heterocycles. The first-order valence-electron chi connectivity index (χ1n) is 8.18. The van der Waals surface area contributed by atoms with E-state index in [-0.39, 0.29) is 5.41 Å². The van der Waals surface area contributed by atoms with Gasteiger partial charge in [-0.25, -0.2) is 4.98 Å². The zero-order valence-electron chi connectivity index (χ0n) is 14.3. The summed E-state index contributed by atoms with van der Waals surface area (Å²) < 4.78 is 5.86. The molecule has 0 spiro atoms. The lowest BCUT2D eigenvalue weighted by atomic mass is 9.88. The Morgan fingerprint density at radius 3 is 2.59 bits per heavy atom. The SMILES string of the molecule is C[C@H]1CN(Cc2c(C(C)(C)C)[nH]c3ncccc23)C[C@H](C)O1. The Kier molecular flexibility index (Phi) is 4.00. The van der Waals surface area contributed by atoms with Crippen molar-refractivity contribution in [2.45, 2.75) is 58.8 Å². The van der Waals surface area contributed by atoms with Crippen molar-refractivity contribution in [2.75, 3.05) is 13.1 Å². The summed E-state index contributed by atoms with van der Waals surface area (Å²) in [5.74, 6) is 0. The van der Waals surface area contributed by atoms with Crippen molar-refractivity contribution in [3.63, 3.8) is 0 Å². The lowest BCUT2D eigenvalue weighted by molar-refractivity contribution is -0.0704. The molecule has 0 bridgehead atoms. The van der Waals surface area contributed by atoms with Gasteiger partial charge in [-0.15, -0.1) is 0 Å². The van der Waals surface area contributed by atoms with Gasteiger partial charge in [-0.2, -0.15) is 0 Å². The molecule has 3 rings (SSSR count). The van der Waals surface area contributed by atoms with Gasteiger partial charge in [0.05, 0.1) is 12.2 Å². The van der Waals surface area contributed by atoms with Crippen molar-refractivity contribution in [3.05, 3.63) is 29.6 Å². The average molecular weight is 301 g/mol. The smallest absolute Gasteiger partial charge is 0.137 e. The van der Waals surface area contributed by atoms with E-state index in [1.807, 2.05) is 12.3 Å². The van der Waals surface area contributed by atoms with Gasteiger partial charge in [-0.1, -0.05) is 20.8 Å². The predicted molar refractivity (Wildman–Crippen MR) is 90.1 cm³/mol. The number of aromatic nitrogens is 2. The first kappa shape index (κ1) is 15.5. The van der Waals surface area contributed by atoms with E-state index < -0.39 is 0 Å². The number of nitrogens with one attached hydrogen (secondary N) is 1. The first-order valence-corrected chi connectivity index (χ1v) is 8.18. The Labute approximate surface area is 132 Å². The molecule has 22 heavy (non-hydrogen) atoms.